The molecule has 0 radical (unpaired) electrons. The summed E-state index contributed by atoms with van der Waals surface area (Å²) in [5.41, 5.74) is 1.33. The number of hydrogen-bond acceptors (Lipinski definition) is 2. The third kappa shape index (κ3) is 6.37. The van der Waals surface area contributed by atoms with Crippen LogP contribution in [-0.4, -0.2) is 18.0 Å². The largest absolute Gasteiger partial charge is 0.334 e. The smallest absolute Gasteiger partial charge is 0.315 e. The van der Waals surface area contributed by atoms with Gasteiger partial charge in [0, 0.05) is 17.3 Å². The molecule has 0 fully saturated rings. The van der Waals surface area contributed by atoms with Crippen LogP contribution in [0.25, 0.3) is 0 Å². The molecule has 2 rings (SSSR count). The first kappa shape index (κ1) is 19.7. The van der Waals surface area contributed by atoms with Crippen LogP contribution >= 0.6 is 11.6 Å². The maximum Gasteiger partial charge on any atom is 0.315 e. The number of anilines is 1. The van der Waals surface area contributed by atoms with E-state index >= 15 is 0 Å². The molecule has 1 unspecified atom stereocenters. The molecule has 0 aromatic heterocycles. The summed E-state index contributed by atoms with van der Waals surface area (Å²) >= 11 is 5.91. The Labute approximate surface area is 156 Å². The first-order valence-corrected chi connectivity index (χ1v) is 8.71. The van der Waals surface area contributed by atoms with Crippen LogP contribution in [0.1, 0.15) is 25.3 Å². The number of hydrogen-bond donors (Lipinski definition) is 3. The van der Waals surface area contributed by atoms with Gasteiger partial charge in [-0.1, -0.05) is 43.1 Å². The molecule has 0 aliphatic carbocycles. The van der Waals surface area contributed by atoms with Gasteiger partial charge in [-0.25, -0.2) is 9.18 Å². The SMILES string of the molecule is CCCC(NC(=O)NCc1ccc(F)cc1)C(=O)Nc1cccc(Cl)c1. The summed E-state index contributed by atoms with van der Waals surface area (Å²) in [6, 6.07) is 11.5. The molecule has 0 saturated heterocycles. The number of carbonyl (C=O) groups excluding carboxylic acids is 2. The van der Waals surface area contributed by atoms with E-state index in [4.69, 9.17) is 11.6 Å². The number of rotatable bonds is 7. The van der Waals surface area contributed by atoms with Gasteiger partial charge in [0.15, 0.2) is 0 Å². The van der Waals surface area contributed by atoms with Crippen LogP contribution in [0.4, 0.5) is 14.9 Å². The fourth-order valence-electron chi connectivity index (χ4n) is 2.35. The third-order valence-electron chi connectivity index (χ3n) is 3.66. The van der Waals surface area contributed by atoms with E-state index < -0.39 is 12.1 Å². The molecular weight excluding hydrogens is 357 g/mol. The number of carbonyl (C=O) groups is 2. The summed E-state index contributed by atoms with van der Waals surface area (Å²) in [6.45, 7) is 2.17. The molecule has 5 nitrogen and oxygen atoms in total. The van der Waals surface area contributed by atoms with E-state index in [1.54, 1.807) is 36.4 Å². The third-order valence-corrected chi connectivity index (χ3v) is 3.89. The van der Waals surface area contributed by atoms with Crippen molar-refractivity contribution >= 4 is 29.2 Å². The zero-order chi connectivity index (χ0) is 18.9. The molecule has 7 heteroatoms. The van der Waals surface area contributed by atoms with Crippen molar-refractivity contribution in [1.82, 2.24) is 10.6 Å². The standard InChI is InChI=1S/C19H21ClFN3O2/c1-2-4-17(18(25)23-16-6-3-5-14(20)11-16)24-19(26)22-12-13-7-9-15(21)10-8-13/h3,5-11,17H,2,4,12H2,1H3,(H,23,25)(H2,22,24,26). The van der Waals surface area contributed by atoms with Crippen LogP contribution in [-0.2, 0) is 11.3 Å². The molecule has 2 aromatic carbocycles. The highest BCUT2D eigenvalue weighted by Gasteiger charge is 2.20. The Balaban J connectivity index is 1.90. The Kier molecular flexibility index (Phi) is 7.41. The molecule has 0 spiro atoms. The lowest BCUT2D eigenvalue weighted by Gasteiger charge is -2.18. The first-order valence-electron chi connectivity index (χ1n) is 8.33. The van der Waals surface area contributed by atoms with Crippen LogP contribution in [0.5, 0.6) is 0 Å². The summed E-state index contributed by atoms with van der Waals surface area (Å²) in [7, 11) is 0. The number of amides is 3. The van der Waals surface area contributed by atoms with E-state index in [9.17, 15) is 14.0 Å². The second kappa shape index (κ2) is 9.77. The highest BCUT2D eigenvalue weighted by molar-refractivity contribution is 6.30. The van der Waals surface area contributed by atoms with E-state index in [-0.39, 0.29) is 18.3 Å². The van der Waals surface area contributed by atoms with Gasteiger partial charge in [-0.3, -0.25) is 4.79 Å². The number of nitrogens with one attached hydrogen (secondary N) is 3. The molecule has 0 saturated carbocycles. The second-order valence-corrected chi connectivity index (χ2v) is 6.23. The first-order chi connectivity index (χ1) is 12.5. The van der Waals surface area contributed by atoms with Gasteiger partial charge in [-0.05, 0) is 42.3 Å². The van der Waals surface area contributed by atoms with Gasteiger partial charge in [0.1, 0.15) is 11.9 Å². The average molecular weight is 378 g/mol. The van der Waals surface area contributed by atoms with Crippen LogP contribution < -0.4 is 16.0 Å². The minimum atomic E-state index is -0.674. The Morgan fingerprint density at radius 2 is 1.88 bits per heavy atom. The van der Waals surface area contributed by atoms with Crippen LogP contribution in [0.3, 0.4) is 0 Å². The van der Waals surface area contributed by atoms with Crippen molar-refractivity contribution in [2.24, 2.45) is 0 Å². The Morgan fingerprint density at radius 1 is 1.15 bits per heavy atom. The predicted molar refractivity (Wildman–Crippen MR) is 101 cm³/mol. The fourth-order valence-corrected chi connectivity index (χ4v) is 2.54. The van der Waals surface area contributed by atoms with Gasteiger partial charge in [-0.15, -0.1) is 0 Å². The van der Waals surface area contributed by atoms with Crippen molar-refractivity contribution in [3.05, 3.63) is 64.9 Å². The van der Waals surface area contributed by atoms with Gasteiger partial charge >= 0.3 is 6.03 Å². The quantitative estimate of drug-likeness (QED) is 0.680. The van der Waals surface area contributed by atoms with Crippen molar-refractivity contribution < 1.29 is 14.0 Å². The van der Waals surface area contributed by atoms with Crippen LogP contribution in [0.15, 0.2) is 48.5 Å². The van der Waals surface area contributed by atoms with E-state index in [0.717, 1.165) is 12.0 Å². The fraction of sp³-hybridized carbons (Fsp3) is 0.263. The normalized spacial score (nSPS) is 11.5. The molecule has 0 heterocycles. The Bertz CT molecular complexity index is 753. The monoisotopic (exact) mass is 377 g/mol. The van der Waals surface area contributed by atoms with Gasteiger partial charge in [0.25, 0.3) is 0 Å². The van der Waals surface area contributed by atoms with Gasteiger partial charge < -0.3 is 16.0 Å². The highest BCUT2D eigenvalue weighted by Crippen LogP contribution is 2.15. The van der Waals surface area contributed by atoms with E-state index in [2.05, 4.69) is 16.0 Å². The molecule has 138 valence electrons. The molecule has 0 aliphatic rings. The Morgan fingerprint density at radius 3 is 2.54 bits per heavy atom. The predicted octanol–water partition coefficient (Wildman–Crippen LogP) is 4.09. The zero-order valence-electron chi connectivity index (χ0n) is 14.4. The molecule has 0 bridgehead atoms. The summed E-state index contributed by atoms with van der Waals surface area (Å²) < 4.78 is 12.9. The van der Waals surface area contributed by atoms with E-state index in [1.807, 2.05) is 6.92 Å². The second-order valence-electron chi connectivity index (χ2n) is 5.79. The lowest BCUT2D eigenvalue weighted by molar-refractivity contribution is -0.118. The molecular formula is C19H21ClFN3O2. The maximum atomic E-state index is 12.9. The molecule has 26 heavy (non-hydrogen) atoms. The topological polar surface area (TPSA) is 70.2 Å². The van der Waals surface area contributed by atoms with Crippen LogP contribution in [0.2, 0.25) is 5.02 Å². The summed E-state index contributed by atoms with van der Waals surface area (Å²) in [6.07, 6.45) is 1.22. The molecule has 1 atom stereocenters. The lowest BCUT2D eigenvalue weighted by atomic mass is 10.1. The molecule has 2 aromatic rings. The van der Waals surface area contributed by atoms with Crippen molar-refractivity contribution in [3.8, 4) is 0 Å². The number of urea groups is 1. The van der Waals surface area contributed by atoms with E-state index in [0.29, 0.717) is 17.1 Å². The van der Waals surface area contributed by atoms with Gasteiger partial charge in [0.2, 0.25) is 5.91 Å². The summed E-state index contributed by atoms with van der Waals surface area (Å²) in [4.78, 5) is 24.5. The van der Waals surface area contributed by atoms with Crippen molar-refractivity contribution in [1.29, 1.82) is 0 Å². The molecule has 3 amide bonds. The molecule has 0 aliphatic heterocycles. The summed E-state index contributed by atoms with van der Waals surface area (Å²) in [5.74, 6) is -0.648. The average Bonchev–Trinajstić information content (AvgIpc) is 2.61. The van der Waals surface area contributed by atoms with Gasteiger partial charge in [0.05, 0.1) is 0 Å². The number of benzene rings is 2. The van der Waals surface area contributed by atoms with Crippen molar-refractivity contribution in [2.45, 2.75) is 32.4 Å². The Hall–Kier alpha value is -2.60. The van der Waals surface area contributed by atoms with Gasteiger partial charge in [-0.2, -0.15) is 0 Å². The minimum absolute atomic E-state index is 0.237. The summed E-state index contributed by atoms with van der Waals surface area (Å²) in [5, 5.41) is 8.59. The molecule has 3 N–H and O–H groups in total. The van der Waals surface area contributed by atoms with Crippen molar-refractivity contribution in [3.63, 3.8) is 0 Å². The zero-order valence-corrected chi connectivity index (χ0v) is 15.1. The maximum absolute atomic E-state index is 12.9. The van der Waals surface area contributed by atoms with Crippen LogP contribution in [0, 0.1) is 5.82 Å². The van der Waals surface area contributed by atoms with Crippen molar-refractivity contribution in [2.75, 3.05) is 5.32 Å². The van der Waals surface area contributed by atoms with E-state index in [1.165, 1.54) is 12.1 Å². The minimum Gasteiger partial charge on any atom is -0.334 e. The number of halogens is 2. The highest BCUT2D eigenvalue weighted by atomic mass is 35.5. The lowest BCUT2D eigenvalue weighted by Crippen LogP contribution is -2.47.